The summed E-state index contributed by atoms with van der Waals surface area (Å²) in [5, 5.41) is 2.86. The summed E-state index contributed by atoms with van der Waals surface area (Å²) in [6.45, 7) is 3.41. The fourth-order valence-corrected chi connectivity index (χ4v) is 1.94. The van der Waals surface area contributed by atoms with Gasteiger partial charge in [0.1, 0.15) is 6.04 Å². The minimum absolute atomic E-state index is 0.0625. The van der Waals surface area contributed by atoms with E-state index in [1.165, 1.54) is 0 Å². The molecule has 1 unspecified atom stereocenters. The van der Waals surface area contributed by atoms with Crippen LogP contribution in [0.1, 0.15) is 26.2 Å². The van der Waals surface area contributed by atoms with Gasteiger partial charge in [-0.15, -0.1) is 0 Å². The Bertz CT molecular complexity index is 300. The van der Waals surface area contributed by atoms with Gasteiger partial charge in [0, 0.05) is 13.1 Å². The molecule has 0 aromatic carbocycles. The summed E-state index contributed by atoms with van der Waals surface area (Å²) in [5.74, 6) is 6.21. The first kappa shape index (κ1) is 11.2. The van der Waals surface area contributed by atoms with Gasteiger partial charge in [0.15, 0.2) is 0 Å². The molecule has 1 aliphatic heterocycles. The highest BCUT2D eigenvalue weighted by molar-refractivity contribution is 5.90. The summed E-state index contributed by atoms with van der Waals surface area (Å²) in [6.07, 6.45) is 3.02. The van der Waals surface area contributed by atoms with E-state index in [0.717, 1.165) is 25.8 Å². The molecular formula is C10H19N5O. The van der Waals surface area contributed by atoms with Gasteiger partial charge in [-0.1, -0.05) is 6.92 Å². The lowest BCUT2D eigenvalue weighted by Crippen LogP contribution is -2.60. The van der Waals surface area contributed by atoms with Crippen LogP contribution in [0.25, 0.3) is 0 Å². The number of carbonyl (C=O) groups excluding carboxylic acids is 1. The number of piperazine rings is 1. The Kier molecular flexibility index (Phi) is 3.28. The summed E-state index contributed by atoms with van der Waals surface area (Å²) in [7, 11) is 0. The Morgan fingerprint density at radius 2 is 2.44 bits per heavy atom. The minimum Gasteiger partial charge on any atom is -0.353 e. The molecule has 16 heavy (non-hydrogen) atoms. The zero-order valence-electron chi connectivity index (χ0n) is 9.57. The van der Waals surface area contributed by atoms with E-state index in [9.17, 15) is 4.79 Å². The predicted molar refractivity (Wildman–Crippen MR) is 61.6 cm³/mol. The zero-order valence-corrected chi connectivity index (χ0v) is 9.57. The standard InChI is InChI=1S/C10H19N5O/c1-2-8-9(16)12-5-6-15(8)10(14-11)13-7-3-4-7/h7-8H,2-6,11H2,1H3,(H,12,16)(H,13,14). The topological polar surface area (TPSA) is 82.8 Å². The molecule has 1 saturated carbocycles. The lowest BCUT2D eigenvalue weighted by atomic mass is 10.1. The third-order valence-electron chi connectivity index (χ3n) is 2.97. The molecule has 0 spiro atoms. The maximum absolute atomic E-state index is 11.7. The van der Waals surface area contributed by atoms with Crippen molar-refractivity contribution in [3.8, 4) is 0 Å². The normalized spacial score (nSPS) is 26.6. The molecule has 0 aromatic rings. The smallest absolute Gasteiger partial charge is 0.242 e. The number of carbonyl (C=O) groups is 1. The lowest BCUT2D eigenvalue weighted by molar-refractivity contribution is -0.127. The Morgan fingerprint density at radius 1 is 1.69 bits per heavy atom. The summed E-state index contributed by atoms with van der Waals surface area (Å²) in [6, 6.07) is 0.246. The Hall–Kier alpha value is -1.30. The predicted octanol–water partition coefficient (Wildman–Crippen LogP) is -0.821. The van der Waals surface area contributed by atoms with E-state index in [0.29, 0.717) is 18.5 Å². The average Bonchev–Trinajstić information content (AvgIpc) is 3.09. The number of guanidine groups is 1. The van der Waals surface area contributed by atoms with E-state index in [1.807, 2.05) is 11.8 Å². The molecule has 0 radical (unpaired) electrons. The molecule has 6 nitrogen and oxygen atoms in total. The summed E-state index contributed by atoms with van der Waals surface area (Å²) >= 11 is 0. The molecule has 0 bridgehead atoms. The number of nitrogens with zero attached hydrogens (tertiary/aromatic N) is 2. The maximum atomic E-state index is 11.7. The number of nitrogens with two attached hydrogens (primary N) is 1. The van der Waals surface area contributed by atoms with Gasteiger partial charge >= 0.3 is 0 Å². The van der Waals surface area contributed by atoms with Gasteiger partial charge < -0.3 is 10.2 Å². The van der Waals surface area contributed by atoms with E-state index in [4.69, 9.17) is 5.84 Å². The second kappa shape index (κ2) is 4.69. The van der Waals surface area contributed by atoms with Crippen molar-refractivity contribution in [3.63, 3.8) is 0 Å². The Morgan fingerprint density at radius 3 is 3.00 bits per heavy atom. The van der Waals surface area contributed by atoms with Crippen molar-refractivity contribution in [1.29, 1.82) is 0 Å². The van der Waals surface area contributed by atoms with Crippen molar-refractivity contribution in [2.75, 3.05) is 13.1 Å². The number of hydrogen-bond donors (Lipinski definition) is 3. The summed E-state index contributed by atoms with van der Waals surface area (Å²) in [5.41, 5.74) is 2.62. The van der Waals surface area contributed by atoms with E-state index >= 15 is 0 Å². The van der Waals surface area contributed by atoms with Crippen LogP contribution in [0.3, 0.4) is 0 Å². The van der Waals surface area contributed by atoms with Crippen LogP contribution in [0.4, 0.5) is 0 Å². The highest BCUT2D eigenvalue weighted by Crippen LogP contribution is 2.24. The summed E-state index contributed by atoms with van der Waals surface area (Å²) < 4.78 is 0. The van der Waals surface area contributed by atoms with Crippen molar-refractivity contribution in [1.82, 2.24) is 15.6 Å². The van der Waals surface area contributed by atoms with Gasteiger partial charge in [-0.3, -0.25) is 10.2 Å². The number of rotatable bonds is 2. The van der Waals surface area contributed by atoms with Crippen LogP contribution >= 0.6 is 0 Å². The van der Waals surface area contributed by atoms with Crippen molar-refractivity contribution in [2.45, 2.75) is 38.3 Å². The van der Waals surface area contributed by atoms with Crippen LogP contribution in [0.15, 0.2) is 4.99 Å². The lowest BCUT2D eigenvalue weighted by Gasteiger charge is -2.36. The van der Waals surface area contributed by atoms with Gasteiger partial charge in [0.25, 0.3) is 0 Å². The van der Waals surface area contributed by atoms with Crippen molar-refractivity contribution in [3.05, 3.63) is 0 Å². The van der Waals surface area contributed by atoms with Crippen LogP contribution in [0.2, 0.25) is 0 Å². The number of aliphatic imine (C=N–C) groups is 1. The molecule has 2 aliphatic rings. The van der Waals surface area contributed by atoms with Crippen LogP contribution in [-0.4, -0.2) is 41.9 Å². The molecule has 0 aromatic heterocycles. The van der Waals surface area contributed by atoms with E-state index in [-0.39, 0.29) is 11.9 Å². The van der Waals surface area contributed by atoms with Crippen LogP contribution < -0.4 is 16.6 Å². The molecular weight excluding hydrogens is 206 g/mol. The van der Waals surface area contributed by atoms with Crippen LogP contribution in [-0.2, 0) is 4.79 Å². The Balaban J connectivity index is 2.11. The third-order valence-corrected chi connectivity index (χ3v) is 2.97. The van der Waals surface area contributed by atoms with Crippen molar-refractivity contribution in [2.24, 2.45) is 10.8 Å². The maximum Gasteiger partial charge on any atom is 0.242 e. The van der Waals surface area contributed by atoms with Crippen molar-refractivity contribution >= 4 is 11.9 Å². The highest BCUT2D eigenvalue weighted by Gasteiger charge is 2.31. The second-order valence-corrected chi connectivity index (χ2v) is 4.24. The first-order chi connectivity index (χ1) is 7.76. The van der Waals surface area contributed by atoms with Gasteiger partial charge in [-0.05, 0) is 19.3 Å². The molecule has 2 rings (SSSR count). The molecule has 1 aliphatic carbocycles. The monoisotopic (exact) mass is 225 g/mol. The van der Waals surface area contributed by atoms with Crippen molar-refractivity contribution < 1.29 is 4.79 Å². The first-order valence-corrected chi connectivity index (χ1v) is 5.85. The molecule has 1 saturated heterocycles. The molecule has 1 heterocycles. The molecule has 1 amide bonds. The molecule has 1 atom stereocenters. The Labute approximate surface area is 95.2 Å². The first-order valence-electron chi connectivity index (χ1n) is 5.85. The summed E-state index contributed by atoms with van der Waals surface area (Å²) in [4.78, 5) is 18.1. The zero-order chi connectivity index (χ0) is 11.5. The number of hydrazine groups is 1. The molecule has 2 fully saturated rings. The van der Waals surface area contributed by atoms with E-state index in [1.54, 1.807) is 0 Å². The van der Waals surface area contributed by atoms with Gasteiger partial charge in [0.05, 0.1) is 6.04 Å². The fourth-order valence-electron chi connectivity index (χ4n) is 1.94. The van der Waals surface area contributed by atoms with Gasteiger partial charge in [0.2, 0.25) is 11.9 Å². The highest BCUT2D eigenvalue weighted by atomic mass is 16.2. The van der Waals surface area contributed by atoms with Gasteiger partial charge in [-0.25, -0.2) is 10.8 Å². The van der Waals surface area contributed by atoms with E-state index in [2.05, 4.69) is 15.7 Å². The quantitative estimate of drug-likeness (QED) is 0.248. The van der Waals surface area contributed by atoms with Crippen LogP contribution in [0, 0.1) is 0 Å². The SMILES string of the molecule is CCC1C(=O)NCCN1C(=NC1CC1)NN. The molecule has 90 valence electrons. The third kappa shape index (κ3) is 2.27. The minimum atomic E-state index is -0.151. The number of hydrogen-bond acceptors (Lipinski definition) is 3. The molecule has 4 N–H and O–H groups in total. The second-order valence-electron chi connectivity index (χ2n) is 4.24. The van der Waals surface area contributed by atoms with Gasteiger partial charge in [-0.2, -0.15) is 0 Å². The number of nitrogens with one attached hydrogen (secondary N) is 2. The van der Waals surface area contributed by atoms with E-state index < -0.39 is 0 Å². The van der Waals surface area contributed by atoms with Crippen LogP contribution in [0.5, 0.6) is 0 Å². The molecule has 6 heteroatoms. The number of amides is 1. The average molecular weight is 225 g/mol. The largest absolute Gasteiger partial charge is 0.353 e. The fraction of sp³-hybridized carbons (Fsp3) is 0.800.